The summed E-state index contributed by atoms with van der Waals surface area (Å²) >= 11 is 0. The van der Waals surface area contributed by atoms with Crippen LogP contribution in [0, 0.1) is 34.7 Å². The summed E-state index contributed by atoms with van der Waals surface area (Å²) in [6.07, 6.45) is -1.08. The maximum Gasteiger partial charge on any atom is 0.400 e. The summed E-state index contributed by atoms with van der Waals surface area (Å²) in [5.74, 6) is -6.85. The van der Waals surface area contributed by atoms with Crippen LogP contribution in [-0.2, 0) is 9.47 Å². The summed E-state index contributed by atoms with van der Waals surface area (Å²) in [6, 6.07) is 6.04. The zero-order valence-corrected chi connectivity index (χ0v) is 20.3. The first kappa shape index (κ1) is 26.8. The summed E-state index contributed by atoms with van der Waals surface area (Å²) in [5.41, 5.74) is -0.182. The van der Waals surface area contributed by atoms with Gasteiger partial charge < -0.3 is 19.3 Å². The molecule has 2 aliphatic rings. The molecule has 9 heteroatoms. The topological polar surface area (TPSA) is 47.9 Å². The Morgan fingerprint density at radius 3 is 2.19 bits per heavy atom. The maximum absolute atomic E-state index is 14.9. The molecule has 0 amide bonds. The van der Waals surface area contributed by atoms with Gasteiger partial charge in [-0.3, -0.25) is 0 Å². The van der Waals surface area contributed by atoms with Crippen LogP contribution >= 0.6 is 0 Å². The Kier molecular flexibility index (Phi) is 7.65. The van der Waals surface area contributed by atoms with Crippen LogP contribution in [0.2, 0.25) is 0 Å². The van der Waals surface area contributed by atoms with Crippen molar-refractivity contribution in [2.75, 3.05) is 13.2 Å². The predicted molar refractivity (Wildman–Crippen MR) is 123 cm³/mol. The Morgan fingerprint density at radius 2 is 1.61 bits per heavy atom. The highest BCUT2D eigenvalue weighted by Crippen LogP contribution is 2.46. The third-order valence-corrected chi connectivity index (χ3v) is 7.25. The van der Waals surface area contributed by atoms with Crippen molar-refractivity contribution in [2.24, 2.45) is 17.3 Å². The second kappa shape index (κ2) is 10.3. The highest BCUT2D eigenvalue weighted by molar-refractivity contribution is 5.65. The first-order valence-electron chi connectivity index (χ1n) is 12.3. The molecule has 198 valence electrons. The minimum absolute atomic E-state index is 0.0638. The van der Waals surface area contributed by atoms with Crippen molar-refractivity contribution in [3.63, 3.8) is 0 Å². The molecule has 1 N–H and O–H groups in total. The molecule has 1 saturated heterocycles. The Labute approximate surface area is 207 Å². The van der Waals surface area contributed by atoms with Gasteiger partial charge in [-0.15, -0.1) is 0 Å². The fourth-order valence-electron chi connectivity index (χ4n) is 5.11. The van der Waals surface area contributed by atoms with Crippen molar-refractivity contribution in [3.05, 3.63) is 53.8 Å². The predicted octanol–water partition coefficient (Wildman–Crippen LogP) is 7.05. The van der Waals surface area contributed by atoms with Gasteiger partial charge in [0.25, 0.3) is 5.97 Å². The van der Waals surface area contributed by atoms with E-state index in [2.05, 4.69) is 6.92 Å². The van der Waals surface area contributed by atoms with Crippen LogP contribution in [-0.4, -0.2) is 30.4 Å². The number of alkyl halides is 2. The zero-order chi connectivity index (χ0) is 26.1. The minimum atomic E-state index is -3.57. The summed E-state index contributed by atoms with van der Waals surface area (Å²) < 4.78 is 87.4. The molecular formula is C27H31F5O4. The molecule has 0 unspecified atom stereocenters. The number of hydrogen-bond donors (Lipinski definition) is 1. The van der Waals surface area contributed by atoms with Gasteiger partial charge in [-0.2, -0.15) is 8.78 Å². The molecule has 36 heavy (non-hydrogen) atoms. The molecule has 2 aromatic carbocycles. The van der Waals surface area contributed by atoms with Gasteiger partial charge in [0.05, 0.1) is 19.1 Å². The van der Waals surface area contributed by atoms with E-state index in [1.807, 2.05) is 6.92 Å². The normalized spacial score (nSPS) is 29.2. The van der Waals surface area contributed by atoms with Crippen molar-refractivity contribution in [1.82, 2.24) is 0 Å². The van der Waals surface area contributed by atoms with E-state index < -0.39 is 41.4 Å². The standard InChI is InChI=1S/C27H31F5O4/c1-3-12-25(2)15-34-27(33,35-16-25)19-7-5-18(6-8-19)26(31,32)36-20-9-10-21(23(29)14-20)17-4-11-22(28)24(30)13-17/h4,9-11,13-14,18-19,33H,3,5-8,12,15-16H2,1-2H3. The number of hydrogen-bond acceptors (Lipinski definition) is 4. The molecule has 0 spiro atoms. The van der Waals surface area contributed by atoms with Crippen molar-refractivity contribution in [3.8, 4) is 16.9 Å². The number of rotatable bonds is 7. The third-order valence-electron chi connectivity index (χ3n) is 7.25. The lowest BCUT2D eigenvalue weighted by Crippen LogP contribution is -2.54. The van der Waals surface area contributed by atoms with Crippen LogP contribution in [0.25, 0.3) is 11.1 Å². The van der Waals surface area contributed by atoms with Gasteiger partial charge in [0.2, 0.25) is 0 Å². The molecule has 0 atom stereocenters. The van der Waals surface area contributed by atoms with Crippen molar-refractivity contribution >= 4 is 0 Å². The molecule has 0 radical (unpaired) electrons. The largest absolute Gasteiger partial charge is 0.432 e. The van der Waals surface area contributed by atoms with E-state index in [1.54, 1.807) is 0 Å². The quantitative estimate of drug-likeness (QED) is 0.403. The van der Waals surface area contributed by atoms with E-state index in [9.17, 15) is 27.1 Å². The molecular weight excluding hydrogens is 483 g/mol. The fourth-order valence-corrected chi connectivity index (χ4v) is 5.11. The van der Waals surface area contributed by atoms with Gasteiger partial charge in [0, 0.05) is 23.0 Å². The van der Waals surface area contributed by atoms with E-state index in [-0.39, 0.29) is 48.0 Å². The SMILES string of the molecule is CCCC1(C)COC(O)(C2CCC(C(F)(F)Oc3ccc(-c4ccc(F)c(F)c4)c(F)c3)CC2)OC1. The molecule has 0 aromatic heterocycles. The van der Waals surface area contributed by atoms with Gasteiger partial charge in [0.15, 0.2) is 11.6 Å². The van der Waals surface area contributed by atoms with Gasteiger partial charge in [-0.25, -0.2) is 13.2 Å². The summed E-state index contributed by atoms with van der Waals surface area (Å²) in [7, 11) is 0. The van der Waals surface area contributed by atoms with Gasteiger partial charge in [-0.05, 0) is 61.9 Å². The van der Waals surface area contributed by atoms with Gasteiger partial charge >= 0.3 is 6.11 Å². The first-order valence-corrected chi connectivity index (χ1v) is 12.3. The minimum Gasteiger partial charge on any atom is -0.432 e. The average molecular weight is 515 g/mol. The van der Waals surface area contributed by atoms with Crippen molar-refractivity contribution < 1.29 is 41.3 Å². The van der Waals surface area contributed by atoms with E-state index >= 15 is 0 Å². The number of halogens is 5. The fraction of sp³-hybridized carbons (Fsp3) is 0.556. The Morgan fingerprint density at radius 1 is 0.944 bits per heavy atom. The maximum atomic E-state index is 14.9. The Balaban J connectivity index is 1.36. The lowest BCUT2D eigenvalue weighted by Gasteiger charge is -2.46. The highest BCUT2D eigenvalue weighted by atomic mass is 19.3. The average Bonchev–Trinajstić information content (AvgIpc) is 2.83. The number of aliphatic hydroxyl groups is 1. The Hall–Kier alpha value is -2.23. The zero-order valence-electron chi connectivity index (χ0n) is 20.3. The van der Waals surface area contributed by atoms with E-state index in [4.69, 9.17) is 14.2 Å². The van der Waals surface area contributed by atoms with Crippen LogP contribution in [0.5, 0.6) is 5.75 Å². The number of ether oxygens (including phenoxy) is 3. The molecule has 2 aromatic rings. The van der Waals surface area contributed by atoms with E-state index in [0.717, 1.165) is 31.0 Å². The smallest absolute Gasteiger partial charge is 0.400 e. The highest BCUT2D eigenvalue weighted by Gasteiger charge is 2.51. The molecule has 0 bridgehead atoms. The summed E-state index contributed by atoms with van der Waals surface area (Å²) in [5, 5.41) is 10.9. The van der Waals surface area contributed by atoms with Crippen LogP contribution in [0.4, 0.5) is 22.0 Å². The molecule has 4 nitrogen and oxygen atoms in total. The van der Waals surface area contributed by atoms with E-state index in [0.29, 0.717) is 13.2 Å². The van der Waals surface area contributed by atoms with Crippen molar-refractivity contribution in [2.45, 2.75) is 64.5 Å². The van der Waals surface area contributed by atoms with Gasteiger partial charge in [-0.1, -0.05) is 26.3 Å². The van der Waals surface area contributed by atoms with Crippen LogP contribution in [0.1, 0.15) is 52.4 Å². The monoisotopic (exact) mass is 514 g/mol. The summed E-state index contributed by atoms with van der Waals surface area (Å²) in [6.45, 7) is 4.76. The summed E-state index contributed by atoms with van der Waals surface area (Å²) in [4.78, 5) is 0. The number of benzene rings is 2. The molecule has 4 rings (SSSR count). The molecule has 1 aliphatic heterocycles. The van der Waals surface area contributed by atoms with Crippen molar-refractivity contribution in [1.29, 1.82) is 0 Å². The third kappa shape index (κ3) is 5.68. The molecule has 1 heterocycles. The van der Waals surface area contributed by atoms with E-state index in [1.165, 1.54) is 18.2 Å². The second-order valence-corrected chi connectivity index (χ2v) is 10.3. The Bertz CT molecular complexity index is 1060. The second-order valence-electron chi connectivity index (χ2n) is 10.3. The molecule has 2 fully saturated rings. The van der Waals surface area contributed by atoms with Crippen LogP contribution in [0.3, 0.4) is 0 Å². The molecule has 1 saturated carbocycles. The lowest BCUT2D eigenvalue weighted by atomic mass is 9.79. The van der Waals surface area contributed by atoms with Crippen LogP contribution < -0.4 is 4.74 Å². The molecule has 1 aliphatic carbocycles. The van der Waals surface area contributed by atoms with Crippen LogP contribution in [0.15, 0.2) is 36.4 Å². The van der Waals surface area contributed by atoms with Gasteiger partial charge in [0.1, 0.15) is 11.6 Å². The first-order chi connectivity index (χ1) is 16.9. The lowest BCUT2D eigenvalue weighted by molar-refractivity contribution is -0.428.